The molecule has 32 heavy (non-hydrogen) atoms. The zero-order chi connectivity index (χ0) is 22.7. The second kappa shape index (κ2) is 9.36. The number of hydrogen-bond donors (Lipinski definition) is 1. The summed E-state index contributed by atoms with van der Waals surface area (Å²) in [6.07, 6.45) is 0.912. The summed E-state index contributed by atoms with van der Waals surface area (Å²) in [7, 11) is -3.66. The number of piperidine rings is 1. The highest BCUT2D eigenvalue weighted by atomic mass is 32.2. The summed E-state index contributed by atoms with van der Waals surface area (Å²) < 4.78 is 27.3. The van der Waals surface area contributed by atoms with Crippen LogP contribution in [0.4, 0.5) is 5.69 Å². The number of carbonyl (C=O) groups is 2. The summed E-state index contributed by atoms with van der Waals surface area (Å²) in [6, 6.07) is 17.7. The largest absolute Gasteiger partial charge is 0.325 e. The zero-order valence-corrected chi connectivity index (χ0v) is 19.3. The fourth-order valence-electron chi connectivity index (χ4n) is 3.84. The fraction of sp³-hybridized carbons (Fsp3) is 0.250. The second-order valence-corrected chi connectivity index (χ2v) is 10.7. The Morgan fingerprint density at radius 1 is 0.969 bits per heavy atom. The lowest BCUT2D eigenvalue weighted by molar-refractivity contribution is -0.120. The SMILES string of the molecule is CC(=O)c1ccc(S(=O)(=O)N2CCC(C(=O)Nc3ccccc3-c3cccs3)CC2)cc1. The van der Waals surface area contributed by atoms with Gasteiger partial charge in [-0.1, -0.05) is 36.4 Å². The molecule has 1 N–H and O–H groups in total. The molecule has 0 saturated carbocycles. The number of para-hydroxylation sites is 1. The molecule has 6 nitrogen and oxygen atoms in total. The molecular formula is C24H24N2O4S2. The van der Waals surface area contributed by atoms with E-state index in [1.165, 1.54) is 35.5 Å². The molecule has 1 aliphatic rings. The molecule has 0 unspecified atom stereocenters. The second-order valence-electron chi connectivity index (χ2n) is 7.77. The normalized spacial score (nSPS) is 15.4. The predicted molar refractivity (Wildman–Crippen MR) is 126 cm³/mol. The quantitative estimate of drug-likeness (QED) is 0.534. The van der Waals surface area contributed by atoms with Gasteiger partial charge in [-0.25, -0.2) is 8.42 Å². The molecule has 0 atom stereocenters. The summed E-state index contributed by atoms with van der Waals surface area (Å²) in [5, 5.41) is 5.04. The number of carbonyl (C=O) groups excluding carboxylic acids is 2. The maximum Gasteiger partial charge on any atom is 0.243 e. The van der Waals surface area contributed by atoms with Crippen molar-refractivity contribution < 1.29 is 18.0 Å². The van der Waals surface area contributed by atoms with Crippen molar-refractivity contribution in [1.82, 2.24) is 4.31 Å². The van der Waals surface area contributed by atoms with E-state index in [9.17, 15) is 18.0 Å². The van der Waals surface area contributed by atoms with E-state index in [4.69, 9.17) is 0 Å². The highest BCUT2D eigenvalue weighted by Gasteiger charge is 2.32. The third-order valence-electron chi connectivity index (χ3n) is 5.69. The minimum absolute atomic E-state index is 0.0862. The number of sulfonamides is 1. The van der Waals surface area contributed by atoms with Crippen molar-refractivity contribution in [1.29, 1.82) is 0 Å². The van der Waals surface area contributed by atoms with Gasteiger partial charge in [0.2, 0.25) is 15.9 Å². The van der Waals surface area contributed by atoms with Crippen LogP contribution in [0.15, 0.2) is 70.9 Å². The van der Waals surface area contributed by atoms with Crippen LogP contribution in [0.5, 0.6) is 0 Å². The average Bonchev–Trinajstić information content (AvgIpc) is 3.34. The van der Waals surface area contributed by atoms with Crippen molar-refractivity contribution in [2.75, 3.05) is 18.4 Å². The van der Waals surface area contributed by atoms with E-state index in [0.29, 0.717) is 18.4 Å². The number of anilines is 1. The molecule has 1 amide bonds. The topological polar surface area (TPSA) is 83.6 Å². The molecule has 1 saturated heterocycles. The molecule has 0 bridgehead atoms. The first-order valence-corrected chi connectivity index (χ1v) is 12.7. The van der Waals surface area contributed by atoms with Crippen molar-refractivity contribution in [3.05, 3.63) is 71.6 Å². The number of nitrogens with zero attached hydrogens (tertiary/aromatic N) is 1. The predicted octanol–water partition coefficient (Wildman–Crippen LogP) is 4.66. The van der Waals surface area contributed by atoms with E-state index >= 15 is 0 Å². The van der Waals surface area contributed by atoms with Gasteiger partial charge in [-0.15, -0.1) is 11.3 Å². The third-order valence-corrected chi connectivity index (χ3v) is 8.51. The Bertz CT molecular complexity index is 1210. The Balaban J connectivity index is 1.41. The molecule has 2 aromatic carbocycles. The Labute approximate surface area is 191 Å². The lowest BCUT2D eigenvalue weighted by Gasteiger charge is -2.30. The van der Waals surface area contributed by atoms with Gasteiger partial charge in [0.15, 0.2) is 5.78 Å². The van der Waals surface area contributed by atoms with E-state index in [0.717, 1.165) is 16.1 Å². The lowest BCUT2D eigenvalue weighted by atomic mass is 9.97. The standard InChI is InChI=1S/C24H24N2O4S2/c1-17(27)18-8-10-20(11-9-18)32(29,30)26-14-12-19(13-15-26)24(28)25-22-6-3-2-5-21(22)23-7-4-16-31-23/h2-11,16,19H,12-15H2,1H3,(H,25,28). The van der Waals surface area contributed by atoms with Crippen molar-refractivity contribution in [3.63, 3.8) is 0 Å². The fourth-order valence-corrected chi connectivity index (χ4v) is 6.08. The third kappa shape index (κ3) is 4.67. The van der Waals surface area contributed by atoms with Crippen LogP contribution >= 0.6 is 11.3 Å². The van der Waals surface area contributed by atoms with Crippen molar-refractivity contribution in [3.8, 4) is 10.4 Å². The smallest absolute Gasteiger partial charge is 0.243 e. The zero-order valence-electron chi connectivity index (χ0n) is 17.7. The van der Waals surface area contributed by atoms with E-state index in [2.05, 4.69) is 5.32 Å². The van der Waals surface area contributed by atoms with Gasteiger partial charge >= 0.3 is 0 Å². The Kier molecular flexibility index (Phi) is 6.55. The molecule has 0 radical (unpaired) electrons. The summed E-state index contributed by atoms with van der Waals surface area (Å²) in [5.74, 6) is -0.448. The number of nitrogens with one attached hydrogen (secondary N) is 1. The molecule has 3 aromatic rings. The van der Waals surface area contributed by atoms with Crippen LogP contribution in [0, 0.1) is 5.92 Å². The monoisotopic (exact) mass is 468 g/mol. The molecule has 1 fully saturated rings. The summed E-state index contributed by atoms with van der Waals surface area (Å²) in [5.41, 5.74) is 2.22. The van der Waals surface area contributed by atoms with Crippen LogP contribution < -0.4 is 5.32 Å². The maximum atomic E-state index is 13.0. The lowest BCUT2D eigenvalue weighted by Crippen LogP contribution is -2.41. The van der Waals surface area contributed by atoms with Crippen LogP contribution in [0.3, 0.4) is 0 Å². The maximum absolute atomic E-state index is 13.0. The number of hydrogen-bond acceptors (Lipinski definition) is 5. The summed E-state index contributed by atoms with van der Waals surface area (Å²) in [6.45, 7) is 2.00. The summed E-state index contributed by atoms with van der Waals surface area (Å²) >= 11 is 1.61. The minimum atomic E-state index is -3.66. The van der Waals surface area contributed by atoms with E-state index in [1.807, 2.05) is 41.8 Å². The molecule has 2 heterocycles. The minimum Gasteiger partial charge on any atom is -0.325 e. The Morgan fingerprint density at radius 2 is 1.66 bits per heavy atom. The van der Waals surface area contributed by atoms with Crippen LogP contribution in [0.2, 0.25) is 0 Å². The first-order valence-electron chi connectivity index (χ1n) is 10.4. The first kappa shape index (κ1) is 22.4. The number of ketones is 1. The number of thiophene rings is 1. The number of Topliss-reactive ketones (excluding diaryl/α,β-unsaturated/α-hetero) is 1. The highest BCUT2D eigenvalue weighted by molar-refractivity contribution is 7.89. The average molecular weight is 469 g/mol. The van der Waals surface area contributed by atoms with Gasteiger partial charge in [-0.3, -0.25) is 9.59 Å². The molecule has 4 rings (SSSR count). The first-order chi connectivity index (χ1) is 15.4. The van der Waals surface area contributed by atoms with Crippen LogP contribution in [-0.2, 0) is 14.8 Å². The van der Waals surface area contributed by atoms with Crippen LogP contribution in [0.1, 0.15) is 30.1 Å². The molecule has 1 aliphatic heterocycles. The van der Waals surface area contributed by atoms with Crippen molar-refractivity contribution >= 4 is 38.7 Å². The number of benzene rings is 2. The molecule has 1 aromatic heterocycles. The Hall–Kier alpha value is -2.81. The van der Waals surface area contributed by atoms with Crippen LogP contribution in [-0.4, -0.2) is 37.5 Å². The summed E-state index contributed by atoms with van der Waals surface area (Å²) in [4.78, 5) is 25.6. The van der Waals surface area contributed by atoms with Gasteiger partial charge in [0, 0.05) is 40.7 Å². The molecule has 0 aliphatic carbocycles. The molecule has 166 valence electrons. The van der Waals surface area contributed by atoms with Crippen LogP contribution in [0.25, 0.3) is 10.4 Å². The molecular weight excluding hydrogens is 444 g/mol. The van der Waals surface area contributed by atoms with E-state index in [1.54, 1.807) is 11.3 Å². The van der Waals surface area contributed by atoms with Gasteiger partial charge < -0.3 is 5.32 Å². The van der Waals surface area contributed by atoms with Crippen molar-refractivity contribution in [2.45, 2.75) is 24.7 Å². The van der Waals surface area contributed by atoms with Gasteiger partial charge in [-0.05, 0) is 49.4 Å². The van der Waals surface area contributed by atoms with E-state index in [-0.39, 0.29) is 35.6 Å². The molecule has 0 spiro atoms. The van der Waals surface area contributed by atoms with E-state index < -0.39 is 10.0 Å². The highest BCUT2D eigenvalue weighted by Crippen LogP contribution is 2.32. The van der Waals surface area contributed by atoms with Gasteiger partial charge in [0.25, 0.3) is 0 Å². The van der Waals surface area contributed by atoms with Gasteiger partial charge in [0.1, 0.15) is 0 Å². The number of rotatable bonds is 6. The van der Waals surface area contributed by atoms with Gasteiger partial charge in [0.05, 0.1) is 4.90 Å². The van der Waals surface area contributed by atoms with Gasteiger partial charge in [-0.2, -0.15) is 4.31 Å². The van der Waals surface area contributed by atoms with Crippen molar-refractivity contribution in [2.24, 2.45) is 5.92 Å². The Morgan fingerprint density at radius 3 is 2.28 bits per heavy atom. The molecule has 8 heteroatoms. The number of amides is 1.